The number of hydrazone groups is 1. The Kier molecular flexibility index (Phi) is 6.42. The average Bonchev–Trinajstić information content (AvgIpc) is 3.13. The Labute approximate surface area is 205 Å². The SMILES string of the molecule is COc1ccc(C2=NN(C3CCN(C(=O)CNC(=O)O)CC3)C(=O)C(C)(C)C2)c2c1OC(C)(C)C2. The molecule has 0 aliphatic carbocycles. The summed E-state index contributed by atoms with van der Waals surface area (Å²) in [5.74, 6) is 1.13. The molecule has 0 unspecified atom stereocenters. The maximum absolute atomic E-state index is 13.4. The molecule has 0 bridgehead atoms. The second kappa shape index (κ2) is 9.05. The van der Waals surface area contributed by atoms with E-state index in [0.29, 0.717) is 44.5 Å². The smallest absolute Gasteiger partial charge is 0.405 e. The van der Waals surface area contributed by atoms with E-state index in [2.05, 4.69) is 5.32 Å². The number of rotatable bonds is 5. The van der Waals surface area contributed by atoms with Crippen molar-refractivity contribution in [2.24, 2.45) is 10.5 Å². The van der Waals surface area contributed by atoms with E-state index in [1.807, 2.05) is 39.8 Å². The van der Waals surface area contributed by atoms with E-state index in [9.17, 15) is 14.4 Å². The van der Waals surface area contributed by atoms with E-state index < -0.39 is 11.5 Å². The number of methoxy groups -OCH3 is 1. The molecule has 2 N–H and O–H groups in total. The summed E-state index contributed by atoms with van der Waals surface area (Å²) in [6.07, 6.45) is 1.16. The van der Waals surface area contributed by atoms with E-state index in [1.54, 1.807) is 17.0 Å². The summed E-state index contributed by atoms with van der Waals surface area (Å²) >= 11 is 0. The van der Waals surface area contributed by atoms with Gasteiger partial charge in [0.1, 0.15) is 12.1 Å². The molecule has 1 aromatic carbocycles. The molecule has 3 amide bonds. The number of carboxylic acid groups (broad SMARTS) is 1. The van der Waals surface area contributed by atoms with Gasteiger partial charge >= 0.3 is 6.09 Å². The minimum atomic E-state index is -1.23. The fourth-order valence-electron chi connectivity index (χ4n) is 5.10. The number of carbonyl (C=O) groups excluding carboxylic acids is 2. The Balaban J connectivity index is 1.58. The van der Waals surface area contributed by atoms with Gasteiger partial charge in [0.25, 0.3) is 0 Å². The maximum Gasteiger partial charge on any atom is 0.405 e. The lowest BCUT2D eigenvalue weighted by Crippen LogP contribution is -2.53. The van der Waals surface area contributed by atoms with Crippen LogP contribution < -0.4 is 14.8 Å². The van der Waals surface area contributed by atoms with Crippen molar-refractivity contribution in [3.8, 4) is 11.5 Å². The van der Waals surface area contributed by atoms with Gasteiger partial charge in [-0.2, -0.15) is 5.10 Å². The van der Waals surface area contributed by atoms with Gasteiger partial charge in [-0.15, -0.1) is 0 Å². The highest BCUT2D eigenvalue weighted by Crippen LogP contribution is 2.45. The first-order valence-electron chi connectivity index (χ1n) is 12.0. The van der Waals surface area contributed by atoms with Gasteiger partial charge in [-0.3, -0.25) is 9.59 Å². The summed E-state index contributed by atoms with van der Waals surface area (Å²) < 4.78 is 11.7. The highest BCUT2D eigenvalue weighted by atomic mass is 16.5. The van der Waals surface area contributed by atoms with Crippen LogP contribution in [0.5, 0.6) is 11.5 Å². The van der Waals surface area contributed by atoms with Gasteiger partial charge in [-0.05, 0) is 38.8 Å². The molecule has 35 heavy (non-hydrogen) atoms. The van der Waals surface area contributed by atoms with Gasteiger partial charge in [0.2, 0.25) is 11.8 Å². The predicted octanol–water partition coefficient (Wildman–Crippen LogP) is 2.63. The van der Waals surface area contributed by atoms with E-state index in [-0.39, 0.29) is 30.0 Å². The summed E-state index contributed by atoms with van der Waals surface area (Å²) in [6, 6.07) is 3.76. The Bertz CT molecular complexity index is 1070. The van der Waals surface area contributed by atoms with E-state index in [1.165, 1.54) is 0 Å². The lowest BCUT2D eigenvalue weighted by molar-refractivity contribution is -0.145. The molecule has 1 aromatic rings. The van der Waals surface area contributed by atoms with Crippen molar-refractivity contribution in [1.82, 2.24) is 15.2 Å². The van der Waals surface area contributed by atoms with E-state index in [4.69, 9.17) is 19.7 Å². The van der Waals surface area contributed by atoms with Crippen LogP contribution in [0.25, 0.3) is 0 Å². The van der Waals surface area contributed by atoms with Gasteiger partial charge in [-0.25, -0.2) is 9.80 Å². The predicted molar refractivity (Wildman–Crippen MR) is 129 cm³/mol. The summed E-state index contributed by atoms with van der Waals surface area (Å²) in [6.45, 7) is 8.60. The molecule has 1 fully saturated rings. The molecule has 0 aromatic heterocycles. The van der Waals surface area contributed by atoms with Crippen LogP contribution in [0.3, 0.4) is 0 Å². The molecular weight excluding hydrogens is 452 g/mol. The van der Waals surface area contributed by atoms with Crippen molar-refractivity contribution in [2.45, 2.75) is 65.0 Å². The number of carbonyl (C=O) groups is 3. The largest absolute Gasteiger partial charge is 0.493 e. The fraction of sp³-hybridized carbons (Fsp3) is 0.600. The Morgan fingerprint density at radius 3 is 2.51 bits per heavy atom. The fourth-order valence-corrected chi connectivity index (χ4v) is 5.10. The third-order valence-electron chi connectivity index (χ3n) is 6.91. The second-order valence-corrected chi connectivity index (χ2v) is 10.7. The summed E-state index contributed by atoms with van der Waals surface area (Å²) in [7, 11) is 1.63. The molecule has 10 nitrogen and oxygen atoms in total. The van der Waals surface area contributed by atoms with Crippen LogP contribution in [0, 0.1) is 5.41 Å². The molecular formula is C25H34N4O6. The van der Waals surface area contributed by atoms with Crippen molar-refractivity contribution < 1.29 is 29.0 Å². The number of ether oxygens (including phenoxy) is 2. The standard InChI is InChI=1S/C25H34N4O6/c1-24(2)13-18(16-6-7-19(34-5)21-17(16)12-25(3,4)35-21)27-29(22(24)31)15-8-10-28(11-9-15)20(30)14-26-23(32)33/h6-7,15,26H,8-14H2,1-5H3,(H,32,33). The van der Waals surface area contributed by atoms with Crippen LogP contribution in [-0.2, 0) is 16.0 Å². The first-order valence-corrected chi connectivity index (χ1v) is 12.0. The minimum Gasteiger partial charge on any atom is -0.493 e. The lowest BCUT2D eigenvalue weighted by atomic mass is 9.80. The average molecular weight is 487 g/mol. The molecule has 0 radical (unpaired) electrons. The quantitative estimate of drug-likeness (QED) is 0.660. The van der Waals surface area contributed by atoms with Crippen LogP contribution >= 0.6 is 0 Å². The molecule has 190 valence electrons. The maximum atomic E-state index is 13.4. The molecule has 10 heteroatoms. The summed E-state index contributed by atoms with van der Waals surface area (Å²) in [4.78, 5) is 38.0. The molecule has 0 spiro atoms. The van der Waals surface area contributed by atoms with Gasteiger partial charge in [0.05, 0.1) is 24.3 Å². The molecule has 3 heterocycles. The zero-order valence-corrected chi connectivity index (χ0v) is 21.0. The Morgan fingerprint density at radius 2 is 1.89 bits per heavy atom. The number of hydrogen-bond donors (Lipinski definition) is 2. The number of hydrogen-bond acceptors (Lipinski definition) is 6. The number of piperidine rings is 1. The molecule has 1 saturated heterocycles. The van der Waals surface area contributed by atoms with Gasteiger partial charge in [-0.1, -0.05) is 13.8 Å². The van der Waals surface area contributed by atoms with Gasteiger partial charge in [0, 0.05) is 37.1 Å². The second-order valence-electron chi connectivity index (χ2n) is 10.7. The number of benzene rings is 1. The lowest BCUT2D eigenvalue weighted by Gasteiger charge is -2.42. The Hall–Kier alpha value is -3.30. The van der Waals surface area contributed by atoms with E-state index >= 15 is 0 Å². The van der Waals surface area contributed by atoms with Crippen LogP contribution in [-0.4, -0.2) is 77.0 Å². The summed E-state index contributed by atoms with van der Waals surface area (Å²) in [5, 5.41) is 17.3. The number of nitrogens with one attached hydrogen (secondary N) is 1. The zero-order chi connectivity index (χ0) is 25.5. The molecule has 0 atom stereocenters. The number of nitrogens with zero attached hydrogens (tertiary/aromatic N) is 3. The van der Waals surface area contributed by atoms with Crippen molar-refractivity contribution in [2.75, 3.05) is 26.7 Å². The first-order chi connectivity index (χ1) is 16.4. The van der Waals surface area contributed by atoms with Crippen molar-refractivity contribution in [3.05, 3.63) is 23.3 Å². The normalized spacial score (nSPS) is 21.2. The van der Waals surface area contributed by atoms with Crippen LogP contribution in [0.15, 0.2) is 17.2 Å². The first kappa shape index (κ1) is 24.8. The topological polar surface area (TPSA) is 121 Å². The van der Waals surface area contributed by atoms with E-state index in [0.717, 1.165) is 22.6 Å². The zero-order valence-electron chi connectivity index (χ0n) is 21.0. The highest BCUT2D eigenvalue weighted by molar-refractivity contribution is 6.07. The van der Waals surface area contributed by atoms with Crippen molar-refractivity contribution in [3.63, 3.8) is 0 Å². The van der Waals surface area contributed by atoms with Gasteiger partial charge in [0.15, 0.2) is 11.5 Å². The number of amides is 3. The van der Waals surface area contributed by atoms with Crippen LogP contribution in [0.4, 0.5) is 4.79 Å². The van der Waals surface area contributed by atoms with Crippen LogP contribution in [0.2, 0.25) is 0 Å². The third-order valence-corrected chi connectivity index (χ3v) is 6.91. The highest BCUT2D eigenvalue weighted by Gasteiger charge is 2.43. The minimum absolute atomic E-state index is 0.0275. The Morgan fingerprint density at radius 1 is 1.20 bits per heavy atom. The monoisotopic (exact) mass is 486 g/mol. The molecule has 3 aliphatic heterocycles. The third kappa shape index (κ3) is 4.92. The number of likely N-dealkylation sites (tertiary alicyclic amines) is 1. The molecule has 4 rings (SSSR count). The van der Waals surface area contributed by atoms with Gasteiger partial charge < -0.3 is 24.8 Å². The van der Waals surface area contributed by atoms with Crippen molar-refractivity contribution in [1.29, 1.82) is 0 Å². The molecule has 3 aliphatic rings. The van der Waals surface area contributed by atoms with Crippen LogP contribution in [0.1, 0.15) is 58.1 Å². The van der Waals surface area contributed by atoms with Crippen molar-refractivity contribution >= 4 is 23.6 Å². The summed E-state index contributed by atoms with van der Waals surface area (Å²) in [5.41, 5.74) is 1.88. The molecule has 0 saturated carbocycles. The number of fused-ring (bicyclic) bond motifs is 1.